The van der Waals surface area contributed by atoms with Gasteiger partial charge in [0.1, 0.15) is 0 Å². The van der Waals surface area contributed by atoms with Gasteiger partial charge in [0.25, 0.3) is 0 Å². The molecule has 1 amide bonds. The Morgan fingerprint density at radius 2 is 1.72 bits per heavy atom. The van der Waals surface area contributed by atoms with Crippen molar-refractivity contribution in [3.8, 4) is 22.8 Å². The molecule has 1 aromatic heterocycles. The molecule has 1 aromatic carbocycles. The van der Waals surface area contributed by atoms with Gasteiger partial charge in [-0.25, -0.2) is 4.63 Å². The van der Waals surface area contributed by atoms with Gasteiger partial charge in [-0.05, 0) is 73.0 Å². The fourth-order valence-corrected chi connectivity index (χ4v) is 4.20. The molecule has 176 valence electrons. The topological polar surface area (TPSA) is 86.5 Å². The van der Waals surface area contributed by atoms with Crippen molar-refractivity contribution >= 4 is 11.7 Å². The number of hydrogen-bond acceptors (Lipinski definition) is 6. The molecule has 1 aliphatic carbocycles. The molecule has 0 aliphatic heterocycles. The van der Waals surface area contributed by atoms with Gasteiger partial charge in [-0.2, -0.15) is 0 Å². The number of nitrogens with zero attached hydrogens (tertiary/aromatic N) is 2. The van der Waals surface area contributed by atoms with Crippen molar-refractivity contribution in [1.82, 2.24) is 10.3 Å². The van der Waals surface area contributed by atoms with Gasteiger partial charge in [0, 0.05) is 11.5 Å². The lowest BCUT2D eigenvalue weighted by Gasteiger charge is -2.27. The van der Waals surface area contributed by atoms with Crippen LogP contribution >= 0.6 is 0 Å². The van der Waals surface area contributed by atoms with Crippen LogP contribution in [-0.4, -0.2) is 29.4 Å². The molecule has 0 atom stereocenters. The summed E-state index contributed by atoms with van der Waals surface area (Å²) in [6, 6.07) is 5.63. The molecule has 1 N–H and O–H groups in total. The highest BCUT2D eigenvalue weighted by Crippen LogP contribution is 2.36. The number of unbranched alkanes of at least 4 members (excludes halogenated alkanes) is 1. The monoisotopic (exact) mass is 443 g/mol. The summed E-state index contributed by atoms with van der Waals surface area (Å²) in [6.45, 7) is 7.56. The number of amides is 1. The Hall–Kier alpha value is -2.57. The summed E-state index contributed by atoms with van der Waals surface area (Å²) in [6.07, 6.45) is 9.71. The third kappa shape index (κ3) is 6.47. The third-order valence-electron chi connectivity index (χ3n) is 6.05. The van der Waals surface area contributed by atoms with E-state index in [1.54, 1.807) is 0 Å². The molecular formula is C25H37N3O4. The molecule has 7 nitrogen and oxygen atoms in total. The molecule has 0 bridgehead atoms. The summed E-state index contributed by atoms with van der Waals surface area (Å²) >= 11 is 0. The smallest absolute Gasteiger partial charge is 0.228 e. The average molecular weight is 444 g/mol. The number of carbonyl (C=O) groups excluding carboxylic acids is 1. The van der Waals surface area contributed by atoms with Crippen LogP contribution in [0.15, 0.2) is 22.8 Å². The quantitative estimate of drug-likeness (QED) is 0.417. The zero-order chi connectivity index (χ0) is 22.8. The summed E-state index contributed by atoms with van der Waals surface area (Å²) in [7, 11) is 0. The van der Waals surface area contributed by atoms with E-state index in [9.17, 15) is 4.79 Å². The second-order valence-corrected chi connectivity index (χ2v) is 8.67. The van der Waals surface area contributed by atoms with E-state index in [0.29, 0.717) is 36.2 Å². The first kappa shape index (κ1) is 24.1. The number of anilines is 1. The Balaban J connectivity index is 1.67. The number of ether oxygens (including phenoxy) is 2. The third-order valence-corrected chi connectivity index (χ3v) is 6.05. The van der Waals surface area contributed by atoms with Crippen LogP contribution in [0.4, 0.5) is 5.82 Å². The number of hydrogen-bond donors (Lipinski definition) is 1. The molecule has 1 saturated carbocycles. The summed E-state index contributed by atoms with van der Waals surface area (Å²) in [5.74, 6) is 2.49. The normalized spacial score (nSPS) is 18.3. The molecule has 1 fully saturated rings. The molecule has 0 unspecified atom stereocenters. The van der Waals surface area contributed by atoms with Crippen molar-refractivity contribution in [2.45, 2.75) is 78.6 Å². The minimum atomic E-state index is 0.00115. The van der Waals surface area contributed by atoms with Crippen LogP contribution in [0.2, 0.25) is 0 Å². The maximum atomic E-state index is 12.9. The minimum absolute atomic E-state index is 0.00115. The van der Waals surface area contributed by atoms with Gasteiger partial charge in [-0.15, -0.1) is 0 Å². The van der Waals surface area contributed by atoms with E-state index in [2.05, 4.69) is 36.4 Å². The number of aromatic nitrogens is 2. The molecule has 0 saturated heterocycles. The number of carbonyl (C=O) groups is 1. The van der Waals surface area contributed by atoms with Gasteiger partial charge in [0.2, 0.25) is 11.7 Å². The highest BCUT2D eigenvalue weighted by atomic mass is 16.6. The van der Waals surface area contributed by atoms with Gasteiger partial charge < -0.3 is 14.8 Å². The zero-order valence-corrected chi connectivity index (χ0v) is 19.7. The minimum Gasteiger partial charge on any atom is -0.490 e. The fourth-order valence-electron chi connectivity index (χ4n) is 4.20. The van der Waals surface area contributed by atoms with E-state index in [1.165, 1.54) is 19.3 Å². The van der Waals surface area contributed by atoms with Crippen molar-refractivity contribution in [2.75, 3.05) is 18.5 Å². The molecule has 32 heavy (non-hydrogen) atoms. The van der Waals surface area contributed by atoms with Crippen LogP contribution in [0, 0.1) is 11.8 Å². The Morgan fingerprint density at radius 1 is 1.00 bits per heavy atom. The number of benzene rings is 1. The first-order valence-electron chi connectivity index (χ1n) is 12.2. The molecule has 2 aromatic rings. The predicted molar refractivity (Wildman–Crippen MR) is 125 cm³/mol. The Bertz CT molecular complexity index is 843. The average Bonchev–Trinajstić information content (AvgIpc) is 3.28. The molecule has 0 radical (unpaired) electrons. The summed E-state index contributed by atoms with van der Waals surface area (Å²) < 4.78 is 16.7. The van der Waals surface area contributed by atoms with Gasteiger partial charge in [0.15, 0.2) is 17.2 Å². The van der Waals surface area contributed by atoms with E-state index >= 15 is 0 Å². The molecule has 1 aliphatic rings. The number of nitrogens with one attached hydrogen (secondary N) is 1. The SMILES string of the molecule is CCCCC1CCC(C(=O)Nc2nonc2-c2ccc(OCCC)c(OCCC)c2)CC1. The maximum absolute atomic E-state index is 12.9. The van der Waals surface area contributed by atoms with Crippen LogP contribution in [-0.2, 0) is 4.79 Å². The lowest BCUT2D eigenvalue weighted by atomic mass is 9.79. The van der Waals surface area contributed by atoms with Crippen LogP contribution in [0.25, 0.3) is 11.3 Å². The van der Waals surface area contributed by atoms with Crippen molar-refractivity contribution in [2.24, 2.45) is 11.8 Å². The van der Waals surface area contributed by atoms with Crippen LogP contribution in [0.1, 0.15) is 78.6 Å². The summed E-state index contributed by atoms with van der Waals surface area (Å²) in [4.78, 5) is 12.9. The van der Waals surface area contributed by atoms with E-state index < -0.39 is 0 Å². The maximum Gasteiger partial charge on any atom is 0.228 e. The standard InChI is InChI=1S/C25H37N3O4/c1-4-7-8-18-9-11-19(12-10-18)25(29)26-24-23(27-32-28-24)20-13-14-21(30-15-5-2)22(17-20)31-16-6-3/h13-14,17-19H,4-12,15-16H2,1-3H3,(H,26,28,29). The van der Waals surface area contributed by atoms with Crippen LogP contribution in [0.3, 0.4) is 0 Å². The Kier molecular flexibility index (Phi) is 9.38. The molecule has 0 spiro atoms. The van der Waals surface area contributed by atoms with E-state index in [-0.39, 0.29) is 11.8 Å². The highest BCUT2D eigenvalue weighted by molar-refractivity contribution is 5.94. The highest BCUT2D eigenvalue weighted by Gasteiger charge is 2.27. The van der Waals surface area contributed by atoms with Crippen molar-refractivity contribution < 1.29 is 18.9 Å². The van der Waals surface area contributed by atoms with Gasteiger partial charge >= 0.3 is 0 Å². The Labute approximate surface area is 191 Å². The van der Waals surface area contributed by atoms with Gasteiger partial charge in [0.05, 0.1) is 13.2 Å². The van der Waals surface area contributed by atoms with E-state index in [1.807, 2.05) is 18.2 Å². The first-order valence-corrected chi connectivity index (χ1v) is 12.2. The molecule has 1 heterocycles. The van der Waals surface area contributed by atoms with Gasteiger partial charge in [-0.3, -0.25) is 4.79 Å². The van der Waals surface area contributed by atoms with Crippen LogP contribution < -0.4 is 14.8 Å². The second kappa shape index (κ2) is 12.5. The predicted octanol–water partition coefficient (Wildman–Crippen LogP) is 6.25. The summed E-state index contributed by atoms with van der Waals surface area (Å²) in [5.41, 5.74) is 1.26. The Morgan fingerprint density at radius 3 is 2.41 bits per heavy atom. The van der Waals surface area contributed by atoms with E-state index in [4.69, 9.17) is 14.1 Å². The van der Waals surface area contributed by atoms with Gasteiger partial charge in [-0.1, -0.05) is 40.0 Å². The zero-order valence-electron chi connectivity index (χ0n) is 19.7. The van der Waals surface area contributed by atoms with Crippen molar-refractivity contribution in [3.63, 3.8) is 0 Å². The first-order chi connectivity index (χ1) is 15.7. The molecule has 7 heteroatoms. The second-order valence-electron chi connectivity index (χ2n) is 8.67. The largest absolute Gasteiger partial charge is 0.490 e. The van der Waals surface area contributed by atoms with E-state index in [0.717, 1.165) is 50.0 Å². The van der Waals surface area contributed by atoms with Crippen LogP contribution in [0.5, 0.6) is 11.5 Å². The molecular weight excluding hydrogens is 406 g/mol. The van der Waals surface area contributed by atoms with Crippen molar-refractivity contribution in [1.29, 1.82) is 0 Å². The fraction of sp³-hybridized carbons (Fsp3) is 0.640. The molecule has 3 rings (SSSR count). The van der Waals surface area contributed by atoms with Crippen molar-refractivity contribution in [3.05, 3.63) is 18.2 Å². The lowest BCUT2D eigenvalue weighted by molar-refractivity contribution is -0.121. The lowest BCUT2D eigenvalue weighted by Crippen LogP contribution is -2.27. The number of rotatable bonds is 12. The summed E-state index contributed by atoms with van der Waals surface area (Å²) in [5, 5.41) is 11.0.